The van der Waals surface area contributed by atoms with Gasteiger partial charge in [0, 0.05) is 51.3 Å². The summed E-state index contributed by atoms with van der Waals surface area (Å²) in [7, 11) is 1.65. The number of rotatable bonds is 10. The lowest BCUT2D eigenvalue weighted by Crippen LogP contribution is -2.43. The lowest BCUT2D eigenvalue weighted by Gasteiger charge is -2.31. The van der Waals surface area contributed by atoms with E-state index in [0.29, 0.717) is 64.3 Å². The van der Waals surface area contributed by atoms with Crippen molar-refractivity contribution in [3.63, 3.8) is 0 Å². The summed E-state index contributed by atoms with van der Waals surface area (Å²) in [6, 6.07) is 9.69. The topological polar surface area (TPSA) is 102 Å². The molecule has 2 amide bonds. The molecule has 0 radical (unpaired) electrons. The molecule has 1 fully saturated rings. The quantitative estimate of drug-likeness (QED) is 0.591. The van der Waals surface area contributed by atoms with E-state index in [0.717, 1.165) is 12.0 Å². The molecule has 162 valence electrons. The molecule has 0 unspecified atom stereocenters. The minimum Gasteiger partial charge on any atom is -0.385 e. The fourth-order valence-corrected chi connectivity index (χ4v) is 3.53. The summed E-state index contributed by atoms with van der Waals surface area (Å²) in [6.07, 6.45) is 3.34. The third kappa shape index (κ3) is 6.35. The largest absolute Gasteiger partial charge is 0.385 e. The molecule has 0 spiro atoms. The second-order valence-corrected chi connectivity index (χ2v) is 7.47. The molecule has 9 heteroatoms. The summed E-state index contributed by atoms with van der Waals surface area (Å²) in [5.41, 5.74) is 0.922. The van der Waals surface area contributed by atoms with Gasteiger partial charge in [-0.05, 0) is 30.9 Å². The van der Waals surface area contributed by atoms with Gasteiger partial charge < -0.3 is 15.0 Å². The molecule has 3 rings (SSSR count). The minimum absolute atomic E-state index is 0.00708. The number of ether oxygens (including phenoxy) is 1. The number of amides is 2. The fourth-order valence-electron chi connectivity index (χ4n) is 3.53. The molecule has 0 atom stereocenters. The first-order valence-corrected chi connectivity index (χ1v) is 10.5. The number of aromatic nitrogens is 4. The summed E-state index contributed by atoms with van der Waals surface area (Å²) >= 11 is 0. The molecule has 9 nitrogen and oxygen atoms in total. The molecule has 0 bridgehead atoms. The number of hydrogen-bond acceptors (Lipinski definition) is 6. The Kier molecular flexibility index (Phi) is 8.31. The van der Waals surface area contributed by atoms with Crippen molar-refractivity contribution in [2.24, 2.45) is 5.92 Å². The Morgan fingerprint density at radius 2 is 1.93 bits per heavy atom. The Hall–Kier alpha value is -2.81. The summed E-state index contributed by atoms with van der Waals surface area (Å²) < 4.78 is 4.98. The van der Waals surface area contributed by atoms with Gasteiger partial charge in [-0.15, -0.1) is 10.2 Å². The number of carbonyl (C=O) groups excluding carboxylic acids is 2. The van der Waals surface area contributed by atoms with Crippen molar-refractivity contribution in [3.05, 3.63) is 30.3 Å². The molecule has 2 heterocycles. The van der Waals surface area contributed by atoms with Crippen LogP contribution in [0, 0.1) is 5.92 Å². The molecule has 30 heavy (non-hydrogen) atoms. The molecular formula is C21H30N6O3. The van der Waals surface area contributed by atoms with Gasteiger partial charge in [0.1, 0.15) is 0 Å². The van der Waals surface area contributed by atoms with E-state index in [4.69, 9.17) is 4.74 Å². The van der Waals surface area contributed by atoms with Gasteiger partial charge in [-0.2, -0.15) is 4.80 Å². The number of carbonyl (C=O) groups is 2. The van der Waals surface area contributed by atoms with E-state index in [1.165, 1.54) is 4.80 Å². The molecular weight excluding hydrogens is 384 g/mol. The molecule has 1 aromatic carbocycles. The molecule has 1 aliphatic heterocycles. The highest BCUT2D eigenvalue weighted by atomic mass is 16.5. The van der Waals surface area contributed by atoms with Gasteiger partial charge in [-0.3, -0.25) is 9.59 Å². The van der Waals surface area contributed by atoms with Gasteiger partial charge in [-0.25, -0.2) is 0 Å². The monoisotopic (exact) mass is 414 g/mol. The minimum atomic E-state index is -0.00708. The van der Waals surface area contributed by atoms with Crippen molar-refractivity contribution in [2.75, 3.05) is 33.4 Å². The highest BCUT2D eigenvalue weighted by molar-refractivity contribution is 5.80. The summed E-state index contributed by atoms with van der Waals surface area (Å²) in [4.78, 5) is 28.1. The smallest absolute Gasteiger partial charge is 0.223 e. The SMILES string of the molecule is COCCCNC(=O)C1CCN(C(=O)CCCn2nnc(-c3ccccc3)n2)CC1. The number of tetrazole rings is 1. The predicted octanol–water partition coefficient (Wildman–Crippen LogP) is 1.51. The maximum absolute atomic E-state index is 12.5. The first kappa shape index (κ1) is 21.9. The van der Waals surface area contributed by atoms with Crippen LogP contribution < -0.4 is 5.32 Å². The van der Waals surface area contributed by atoms with Crippen LogP contribution in [0.2, 0.25) is 0 Å². The number of hydrogen-bond donors (Lipinski definition) is 1. The molecule has 0 aliphatic carbocycles. The van der Waals surface area contributed by atoms with Crippen LogP contribution in [-0.4, -0.2) is 70.3 Å². The molecule has 1 saturated heterocycles. The van der Waals surface area contributed by atoms with E-state index >= 15 is 0 Å². The Morgan fingerprint density at radius 3 is 2.67 bits per heavy atom. The second-order valence-electron chi connectivity index (χ2n) is 7.47. The summed E-state index contributed by atoms with van der Waals surface area (Å²) in [5, 5.41) is 15.5. The molecule has 2 aromatic rings. The Labute approximate surface area is 176 Å². The lowest BCUT2D eigenvalue weighted by molar-refractivity contribution is -0.135. The first-order valence-electron chi connectivity index (χ1n) is 10.5. The first-order chi connectivity index (χ1) is 14.7. The lowest BCUT2D eigenvalue weighted by atomic mass is 9.95. The summed E-state index contributed by atoms with van der Waals surface area (Å²) in [5.74, 6) is 0.791. The van der Waals surface area contributed by atoms with Crippen LogP contribution >= 0.6 is 0 Å². The second kappa shape index (κ2) is 11.4. The average Bonchev–Trinajstić information content (AvgIpc) is 3.26. The van der Waals surface area contributed by atoms with Gasteiger partial charge in [0.25, 0.3) is 0 Å². The van der Waals surface area contributed by atoms with E-state index in [1.807, 2.05) is 35.2 Å². The van der Waals surface area contributed by atoms with Gasteiger partial charge in [0.2, 0.25) is 17.6 Å². The van der Waals surface area contributed by atoms with E-state index in [-0.39, 0.29) is 17.7 Å². The number of aryl methyl sites for hydroxylation is 1. The zero-order chi connectivity index (χ0) is 21.2. The maximum atomic E-state index is 12.5. The van der Waals surface area contributed by atoms with Crippen molar-refractivity contribution in [1.29, 1.82) is 0 Å². The van der Waals surface area contributed by atoms with Crippen LogP contribution in [0.15, 0.2) is 30.3 Å². The Balaban J connectivity index is 1.34. The zero-order valence-electron chi connectivity index (χ0n) is 17.5. The third-order valence-corrected chi connectivity index (χ3v) is 5.28. The van der Waals surface area contributed by atoms with Gasteiger partial charge >= 0.3 is 0 Å². The number of nitrogens with zero attached hydrogens (tertiary/aromatic N) is 5. The number of likely N-dealkylation sites (tertiary alicyclic amines) is 1. The molecule has 1 aromatic heterocycles. The van der Waals surface area contributed by atoms with Crippen LogP contribution in [0.1, 0.15) is 32.1 Å². The fraction of sp³-hybridized carbons (Fsp3) is 0.571. The molecule has 1 N–H and O–H groups in total. The standard InChI is InChI=1S/C21H30N6O3/c1-30-16-6-12-22-21(29)18-10-14-26(15-11-18)19(28)9-5-13-27-24-20(23-25-27)17-7-3-2-4-8-17/h2-4,7-8,18H,5-6,9-16H2,1H3,(H,22,29). The third-order valence-electron chi connectivity index (χ3n) is 5.28. The van der Waals surface area contributed by atoms with Gasteiger partial charge in [0.15, 0.2) is 0 Å². The van der Waals surface area contributed by atoms with Crippen LogP contribution in [0.5, 0.6) is 0 Å². The van der Waals surface area contributed by atoms with E-state index in [9.17, 15) is 9.59 Å². The number of benzene rings is 1. The highest BCUT2D eigenvalue weighted by Crippen LogP contribution is 2.18. The van der Waals surface area contributed by atoms with E-state index in [2.05, 4.69) is 20.7 Å². The van der Waals surface area contributed by atoms with Crippen LogP contribution in [0.4, 0.5) is 0 Å². The molecule has 1 aliphatic rings. The number of piperidine rings is 1. The molecule has 0 saturated carbocycles. The van der Waals surface area contributed by atoms with Crippen LogP contribution in [0.3, 0.4) is 0 Å². The number of nitrogens with one attached hydrogen (secondary N) is 1. The Bertz CT molecular complexity index is 802. The van der Waals surface area contributed by atoms with Crippen molar-refractivity contribution < 1.29 is 14.3 Å². The highest BCUT2D eigenvalue weighted by Gasteiger charge is 2.26. The van der Waals surface area contributed by atoms with Crippen molar-refractivity contribution in [3.8, 4) is 11.4 Å². The van der Waals surface area contributed by atoms with Gasteiger partial charge in [-0.1, -0.05) is 30.3 Å². The van der Waals surface area contributed by atoms with Crippen molar-refractivity contribution in [2.45, 2.75) is 38.6 Å². The predicted molar refractivity (Wildman–Crippen MR) is 111 cm³/mol. The maximum Gasteiger partial charge on any atom is 0.223 e. The normalized spacial score (nSPS) is 14.6. The van der Waals surface area contributed by atoms with Crippen LogP contribution in [0.25, 0.3) is 11.4 Å². The van der Waals surface area contributed by atoms with E-state index < -0.39 is 0 Å². The van der Waals surface area contributed by atoms with Crippen molar-refractivity contribution >= 4 is 11.8 Å². The van der Waals surface area contributed by atoms with Crippen molar-refractivity contribution in [1.82, 2.24) is 30.4 Å². The summed E-state index contributed by atoms with van der Waals surface area (Å²) in [6.45, 7) is 3.09. The number of methoxy groups -OCH3 is 1. The van der Waals surface area contributed by atoms with Crippen LogP contribution in [-0.2, 0) is 20.9 Å². The van der Waals surface area contributed by atoms with E-state index in [1.54, 1.807) is 7.11 Å². The zero-order valence-corrected chi connectivity index (χ0v) is 17.5. The average molecular weight is 415 g/mol. The Morgan fingerprint density at radius 1 is 1.17 bits per heavy atom. The van der Waals surface area contributed by atoms with Gasteiger partial charge in [0.05, 0.1) is 6.54 Å².